The highest BCUT2D eigenvalue weighted by atomic mass is 16.4. The van der Waals surface area contributed by atoms with Crippen LogP contribution in [-0.4, -0.2) is 35.1 Å². The Bertz CT molecular complexity index is 544. The lowest BCUT2D eigenvalue weighted by Crippen LogP contribution is -2.40. The second-order valence-corrected chi connectivity index (χ2v) is 5.85. The maximum Gasteiger partial charge on any atom is 0.317 e. The lowest BCUT2D eigenvalue weighted by molar-refractivity contribution is -0.142. The molecular formula is C16H22N2O3. The summed E-state index contributed by atoms with van der Waals surface area (Å²) < 4.78 is 0. The Hall–Kier alpha value is -2.04. The van der Waals surface area contributed by atoms with Gasteiger partial charge in [-0.25, -0.2) is 4.79 Å². The summed E-state index contributed by atoms with van der Waals surface area (Å²) in [4.78, 5) is 25.0. The molecule has 1 fully saturated rings. The molecular weight excluding hydrogens is 268 g/mol. The van der Waals surface area contributed by atoms with Gasteiger partial charge in [-0.3, -0.25) is 4.79 Å². The zero-order valence-electron chi connectivity index (χ0n) is 12.7. The smallest absolute Gasteiger partial charge is 0.317 e. The molecule has 5 nitrogen and oxygen atoms in total. The fourth-order valence-electron chi connectivity index (χ4n) is 2.88. The minimum Gasteiger partial charge on any atom is -0.481 e. The highest BCUT2D eigenvalue weighted by Gasteiger charge is 2.37. The molecule has 1 aromatic rings. The van der Waals surface area contributed by atoms with E-state index < -0.39 is 11.9 Å². The van der Waals surface area contributed by atoms with Crippen molar-refractivity contribution in [1.82, 2.24) is 10.2 Å². The number of carboxylic acid groups (broad SMARTS) is 1. The fourth-order valence-corrected chi connectivity index (χ4v) is 2.88. The van der Waals surface area contributed by atoms with Crippen molar-refractivity contribution in [3.05, 3.63) is 35.4 Å². The molecule has 114 valence electrons. The Morgan fingerprint density at radius 3 is 2.57 bits per heavy atom. The molecule has 21 heavy (non-hydrogen) atoms. The second kappa shape index (κ2) is 6.16. The minimum absolute atomic E-state index is 0.0120. The largest absolute Gasteiger partial charge is 0.481 e. The van der Waals surface area contributed by atoms with E-state index in [4.69, 9.17) is 5.11 Å². The molecule has 1 aromatic carbocycles. The van der Waals surface area contributed by atoms with Gasteiger partial charge in [0.05, 0.1) is 12.0 Å². The Labute approximate surface area is 125 Å². The van der Waals surface area contributed by atoms with Crippen LogP contribution >= 0.6 is 0 Å². The third kappa shape index (κ3) is 3.35. The van der Waals surface area contributed by atoms with E-state index in [9.17, 15) is 9.59 Å². The number of carbonyl (C=O) groups is 2. The molecule has 0 spiro atoms. The summed E-state index contributed by atoms with van der Waals surface area (Å²) in [5.41, 5.74) is 2.20. The highest BCUT2D eigenvalue weighted by Crippen LogP contribution is 2.24. The van der Waals surface area contributed by atoms with Crippen LogP contribution in [0.1, 0.15) is 31.0 Å². The molecule has 2 N–H and O–H groups in total. The van der Waals surface area contributed by atoms with Crippen molar-refractivity contribution < 1.29 is 14.7 Å². The zero-order valence-corrected chi connectivity index (χ0v) is 12.7. The first-order chi connectivity index (χ1) is 9.90. The van der Waals surface area contributed by atoms with Crippen LogP contribution in [0.15, 0.2) is 24.3 Å². The third-order valence-electron chi connectivity index (χ3n) is 4.21. The Morgan fingerprint density at radius 2 is 2.00 bits per heavy atom. The number of carboxylic acids is 1. The highest BCUT2D eigenvalue weighted by molar-refractivity contribution is 5.78. The number of nitrogens with one attached hydrogen (secondary N) is 1. The average molecular weight is 290 g/mol. The van der Waals surface area contributed by atoms with Crippen molar-refractivity contribution in [3.63, 3.8) is 0 Å². The number of likely N-dealkylation sites (tertiary alicyclic amines) is 1. The van der Waals surface area contributed by atoms with E-state index in [-0.39, 0.29) is 24.5 Å². The molecule has 2 amide bonds. The Balaban J connectivity index is 1.99. The molecule has 1 aliphatic heterocycles. The van der Waals surface area contributed by atoms with Gasteiger partial charge in [0.25, 0.3) is 0 Å². The first kappa shape index (κ1) is 15.4. The lowest BCUT2D eigenvalue weighted by atomic mass is 9.99. The summed E-state index contributed by atoms with van der Waals surface area (Å²) in [7, 11) is 0. The van der Waals surface area contributed by atoms with E-state index in [1.54, 1.807) is 4.90 Å². The van der Waals surface area contributed by atoms with E-state index in [0.29, 0.717) is 6.54 Å². The van der Waals surface area contributed by atoms with E-state index in [2.05, 4.69) is 5.32 Å². The van der Waals surface area contributed by atoms with Gasteiger partial charge in [-0.15, -0.1) is 0 Å². The van der Waals surface area contributed by atoms with Gasteiger partial charge < -0.3 is 15.3 Å². The van der Waals surface area contributed by atoms with Crippen molar-refractivity contribution in [2.24, 2.45) is 11.8 Å². The molecule has 1 aliphatic rings. The quantitative estimate of drug-likeness (QED) is 0.898. The van der Waals surface area contributed by atoms with E-state index in [1.165, 1.54) is 0 Å². The average Bonchev–Trinajstić information content (AvgIpc) is 2.81. The van der Waals surface area contributed by atoms with E-state index in [1.807, 2.05) is 45.0 Å². The molecule has 3 atom stereocenters. The monoisotopic (exact) mass is 290 g/mol. The normalized spacial score (nSPS) is 22.9. The SMILES string of the molecule is Cc1ccccc1C(C)NC(=O)N1CC(C)C(C(=O)O)C1. The summed E-state index contributed by atoms with van der Waals surface area (Å²) in [6.45, 7) is 6.59. The molecule has 0 aliphatic carbocycles. The maximum absolute atomic E-state index is 12.3. The molecule has 0 aromatic heterocycles. The second-order valence-electron chi connectivity index (χ2n) is 5.85. The number of amides is 2. The molecule has 0 radical (unpaired) electrons. The van der Waals surface area contributed by atoms with Crippen LogP contribution in [0.5, 0.6) is 0 Å². The number of hydrogen-bond acceptors (Lipinski definition) is 2. The van der Waals surface area contributed by atoms with Gasteiger partial charge >= 0.3 is 12.0 Å². The minimum atomic E-state index is -0.829. The van der Waals surface area contributed by atoms with E-state index in [0.717, 1.165) is 11.1 Å². The summed E-state index contributed by atoms with van der Waals surface area (Å²) in [6.07, 6.45) is 0. The summed E-state index contributed by atoms with van der Waals surface area (Å²) in [6, 6.07) is 7.62. The van der Waals surface area contributed by atoms with Crippen LogP contribution in [0.3, 0.4) is 0 Å². The van der Waals surface area contributed by atoms with E-state index >= 15 is 0 Å². The number of aliphatic carboxylic acids is 1. The number of nitrogens with zero attached hydrogens (tertiary/aromatic N) is 1. The van der Waals surface area contributed by atoms with Gasteiger partial charge in [0.15, 0.2) is 0 Å². The van der Waals surface area contributed by atoms with Crippen LogP contribution in [0.25, 0.3) is 0 Å². The number of rotatable bonds is 3. The summed E-state index contributed by atoms with van der Waals surface area (Å²) in [5.74, 6) is -1.31. The molecule has 1 saturated heterocycles. The first-order valence-corrected chi connectivity index (χ1v) is 7.24. The summed E-state index contributed by atoms with van der Waals surface area (Å²) >= 11 is 0. The third-order valence-corrected chi connectivity index (χ3v) is 4.21. The van der Waals surface area contributed by atoms with Crippen molar-refractivity contribution in [1.29, 1.82) is 0 Å². The standard InChI is InChI=1S/C16H22N2O3/c1-10-6-4-5-7-13(10)12(3)17-16(21)18-8-11(2)14(9-18)15(19)20/h4-7,11-12,14H,8-9H2,1-3H3,(H,17,21)(H,19,20). The molecule has 0 saturated carbocycles. The molecule has 3 unspecified atom stereocenters. The van der Waals surface area contributed by atoms with Gasteiger partial charge in [-0.2, -0.15) is 0 Å². The predicted octanol–water partition coefficient (Wildman–Crippen LogP) is 2.42. The predicted molar refractivity (Wildman–Crippen MR) is 80.0 cm³/mol. The van der Waals surface area contributed by atoms with Crippen molar-refractivity contribution in [3.8, 4) is 0 Å². The van der Waals surface area contributed by atoms with Crippen LogP contribution in [0, 0.1) is 18.8 Å². The van der Waals surface area contributed by atoms with Gasteiger partial charge in [-0.1, -0.05) is 31.2 Å². The Morgan fingerprint density at radius 1 is 1.33 bits per heavy atom. The number of aryl methyl sites for hydroxylation is 1. The first-order valence-electron chi connectivity index (χ1n) is 7.24. The van der Waals surface area contributed by atoms with Crippen molar-refractivity contribution >= 4 is 12.0 Å². The maximum atomic E-state index is 12.3. The van der Waals surface area contributed by atoms with Gasteiger partial charge in [0, 0.05) is 13.1 Å². The number of carbonyl (C=O) groups excluding carboxylic acids is 1. The Kier molecular flexibility index (Phi) is 4.50. The van der Waals surface area contributed by atoms with Crippen LogP contribution < -0.4 is 5.32 Å². The van der Waals surface area contributed by atoms with Gasteiger partial charge in [0.2, 0.25) is 0 Å². The number of urea groups is 1. The van der Waals surface area contributed by atoms with Crippen molar-refractivity contribution in [2.75, 3.05) is 13.1 Å². The number of hydrogen-bond donors (Lipinski definition) is 2. The molecule has 0 bridgehead atoms. The number of benzene rings is 1. The summed E-state index contributed by atoms with van der Waals surface area (Å²) in [5, 5.41) is 12.1. The van der Waals surface area contributed by atoms with Gasteiger partial charge in [0.1, 0.15) is 0 Å². The lowest BCUT2D eigenvalue weighted by Gasteiger charge is -2.22. The van der Waals surface area contributed by atoms with Crippen molar-refractivity contribution in [2.45, 2.75) is 26.8 Å². The van der Waals surface area contributed by atoms with Crippen LogP contribution in [0.4, 0.5) is 4.79 Å². The fraction of sp³-hybridized carbons (Fsp3) is 0.500. The topological polar surface area (TPSA) is 69.6 Å². The van der Waals surface area contributed by atoms with Crippen LogP contribution in [-0.2, 0) is 4.79 Å². The molecule has 5 heteroatoms. The van der Waals surface area contributed by atoms with Crippen LogP contribution in [0.2, 0.25) is 0 Å². The van der Waals surface area contributed by atoms with Gasteiger partial charge in [-0.05, 0) is 30.9 Å². The molecule has 1 heterocycles. The molecule has 2 rings (SSSR count). The zero-order chi connectivity index (χ0) is 15.6.